The van der Waals surface area contributed by atoms with Crippen LogP contribution in [0.2, 0.25) is 0 Å². The Hall–Kier alpha value is -1.54. The van der Waals surface area contributed by atoms with Gasteiger partial charge in [0.1, 0.15) is 11.2 Å². The zero-order chi connectivity index (χ0) is 22.5. The summed E-state index contributed by atoms with van der Waals surface area (Å²) in [6, 6.07) is 0. The van der Waals surface area contributed by atoms with Gasteiger partial charge in [-0.15, -0.1) is 0 Å². The molecule has 0 unspecified atom stereocenters. The van der Waals surface area contributed by atoms with Crippen molar-refractivity contribution in [2.45, 2.75) is 115 Å². The van der Waals surface area contributed by atoms with Crippen molar-refractivity contribution in [1.29, 1.82) is 0 Å². The summed E-state index contributed by atoms with van der Waals surface area (Å²) in [5.74, 6) is 0. The normalized spacial score (nSPS) is 34.7. The van der Waals surface area contributed by atoms with Crippen molar-refractivity contribution in [1.82, 2.24) is 9.80 Å². The Balaban J connectivity index is 0.000000171. The predicted molar refractivity (Wildman–Crippen MR) is 111 cm³/mol. The van der Waals surface area contributed by atoms with Gasteiger partial charge in [0.2, 0.25) is 0 Å². The molecule has 4 rings (SSSR count). The quantitative estimate of drug-likeness (QED) is 0.618. The van der Waals surface area contributed by atoms with Gasteiger partial charge in [-0.25, -0.2) is 9.59 Å². The molecule has 4 aliphatic rings. The molecule has 2 aliphatic carbocycles. The summed E-state index contributed by atoms with van der Waals surface area (Å²) in [5, 5.41) is 18.6. The number of aliphatic hydroxyl groups excluding tert-OH is 2. The smallest absolute Gasteiger partial charge is 0.410 e. The molecule has 2 N–H and O–H groups in total. The summed E-state index contributed by atoms with van der Waals surface area (Å²) < 4.78 is 10.6. The molecule has 8 heteroatoms. The van der Waals surface area contributed by atoms with Crippen LogP contribution in [0.4, 0.5) is 9.59 Å². The first kappa shape index (κ1) is 23.1. The van der Waals surface area contributed by atoms with Crippen molar-refractivity contribution in [3.63, 3.8) is 0 Å². The number of amides is 2. The fourth-order valence-corrected chi connectivity index (χ4v) is 4.77. The minimum atomic E-state index is -0.434. The Morgan fingerprint density at radius 3 is 1.20 bits per heavy atom. The summed E-state index contributed by atoms with van der Waals surface area (Å²) in [4.78, 5) is 27.1. The summed E-state index contributed by atoms with van der Waals surface area (Å²) in [6.07, 6.45) is 3.94. The molecular weight excluding hydrogens is 388 g/mol. The highest BCUT2D eigenvalue weighted by atomic mass is 16.6. The largest absolute Gasteiger partial charge is 0.444 e. The van der Waals surface area contributed by atoms with Crippen LogP contribution >= 0.6 is 0 Å². The summed E-state index contributed by atoms with van der Waals surface area (Å²) in [6.45, 7) is 12.7. The van der Waals surface area contributed by atoms with Crippen LogP contribution in [0.15, 0.2) is 0 Å². The zero-order valence-electron chi connectivity index (χ0n) is 19.2. The fourth-order valence-electron chi connectivity index (χ4n) is 4.77. The van der Waals surface area contributed by atoms with Crippen LogP contribution in [-0.2, 0) is 9.47 Å². The Morgan fingerprint density at radius 2 is 1.03 bits per heavy atom. The van der Waals surface area contributed by atoms with Crippen molar-refractivity contribution < 1.29 is 29.3 Å². The molecule has 2 aliphatic heterocycles. The van der Waals surface area contributed by atoms with Gasteiger partial charge in [0.05, 0.1) is 23.3 Å². The van der Waals surface area contributed by atoms with Crippen LogP contribution in [0.1, 0.15) is 80.1 Å². The van der Waals surface area contributed by atoms with Gasteiger partial charge in [0.25, 0.3) is 0 Å². The van der Waals surface area contributed by atoms with Crippen molar-refractivity contribution in [2.75, 3.05) is 13.1 Å². The van der Waals surface area contributed by atoms with Crippen LogP contribution in [0.25, 0.3) is 0 Å². The molecule has 0 aromatic rings. The molecule has 2 amide bonds. The number of ether oxygens (including phenoxy) is 2. The molecule has 2 heterocycles. The average Bonchev–Trinajstić information content (AvgIpc) is 2.42. The molecule has 2 saturated heterocycles. The number of carbonyl (C=O) groups is 2. The van der Waals surface area contributed by atoms with Gasteiger partial charge in [0.15, 0.2) is 0 Å². The molecule has 0 aromatic carbocycles. The van der Waals surface area contributed by atoms with Crippen molar-refractivity contribution >= 4 is 12.2 Å². The maximum absolute atomic E-state index is 11.8. The Morgan fingerprint density at radius 1 is 0.733 bits per heavy atom. The first-order valence-electron chi connectivity index (χ1n) is 11.0. The highest BCUT2D eigenvalue weighted by Gasteiger charge is 2.57. The second-order valence-corrected chi connectivity index (χ2v) is 11.3. The van der Waals surface area contributed by atoms with E-state index in [-0.39, 0.29) is 35.5 Å². The molecule has 0 radical (unpaired) electrons. The number of likely N-dealkylation sites (tertiary alicyclic amines) is 2. The van der Waals surface area contributed by atoms with Crippen LogP contribution in [0.5, 0.6) is 0 Å². The molecule has 4 fully saturated rings. The van der Waals surface area contributed by atoms with Crippen molar-refractivity contribution in [3.05, 3.63) is 0 Å². The van der Waals surface area contributed by atoms with Gasteiger partial charge >= 0.3 is 12.2 Å². The lowest BCUT2D eigenvalue weighted by Gasteiger charge is -2.59. The molecule has 0 atom stereocenters. The van der Waals surface area contributed by atoms with Gasteiger partial charge in [0, 0.05) is 13.1 Å². The molecule has 2 spiro atoms. The van der Waals surface area contributed by atoms with Gasteiger partial charge in [-0.05, 0) is 80.1 Å². The van der Waals surface area contributed by atoms with Gasteiger partial charge in [-0.1, -0.05) is 0 Å². The van der Waals surface area contributed by atoms with Crippen LogP contribution in [0, 0.1) is 0 Å². The summed E-state index contributed by atoms with van der Waals surface area (Å²) in [7, 11) is 0. The zero-order valence-corrected chi connectivity index (χ0v) is 19.2. The third kappa shape index (κ3) is 4.69. The second-order valence-electron chi connectivity index (χ2n) is 11.3. The van der Waals surface area contributed by atoms with Crippen LogP contribution in [0.3, 0.4) is 0 Å². The standard InChI is InChI=1S/2C11H19NO3/c2*1-10(2,3)15-9(14)12-5-4-11(12)6-8(13)7-11/h2*8,13H,4-7H2,1-3H3. The lowest BCUT2D eigenvalue weighted by atomic mass is 9.66. The van der Waals surface area contributed by atoms with E-state index in [1.54, 1.807) is 9.80 Å². The van der Waals surface area contributed by atoms with E-state index < -0.39 is 11.2 Å². The van der Waals surface area contributed by atoms with E-state index in [2.05, 4.69) is 0 Å². The first-order valence-corrected chi connectivity index (χ1v) is 11.0. The van der Waals surface area contributed by atoms with E-state index in [1.165, 1.54) is 0 Å². The van der Waals surface area contributed by atoms with Crippen LogP contribution in [-0.4, -0.2) is 79.8 Å². The van der Waals surface area contributed by atoms with Gasteiger partial charge in [-0.3, -0.25) is 0 Å². The fraction of sp³-hybridized carbons (Fsp3) is 0.909. The number of rotatable bonds is 0. The number of aliphatic hydroxyl groups is 2. The number of hydrogen-bond donors (Lipinski definition) is 2. The lowest BCUT2D eigenvalue weighted by molar-refractivity contribution is -0.129. The van der Waals surface area contributed by atoms with Crippen LogP contribution < -0.4 is 0 Å². The highest BCUT2D eigenvalue weighted by Crippen LogP contribution is 2.48. The lowest BCUT2D eigenvalue weighted by Crippen LogP contribution is -2.69. The van der Waals surface area contributed by atoms with E-state index in [9.17, 15) is 19.8 Å². The maximum Gasteiger partial charge on any atom is 0.410 e. The third-order valence-corrected chi connectivity index (χ3v) is 6.44. The monoisotopic (exact) mass is 426 g/mol. The van der Waals surface area contributed by atoms with Gasteiger partial charge in [-0.2, -0.15) is 0 Å². The van der Waals surface area contributed by atoms with E-state index in [4.69, 9.17) is 9.47 Å². The summed E-state index contributed by atoms with van der Waals surface area (Å²) >= 11 is 0. The minimum absolute atomic E-state index is 0.0677. The molecule has 8 nitrogen and oxygen atoms in total. The maximum atomic E-state index is 11.8. The highest BCUT2D eigenvalue weighted by molar-refractivity contribution is 5.71. The Kier molecular flexibility index (Phi) is 5.82. The Bertz CT molecular complexity index is 610. The van der Waals surface area contributed by atoms with E-state index >= 15 is 0 Å². The molecule has 0 bridgehead atoms. The van der Waals surface area contributed by atoms with Crippen molar-refractivity contribution in [2.24, 2.45) is 0 Å². The molecule has 30 heavy (non-hydrogen) atoms. The van der Waals surface area contributed by atoms with E-state index in [0.29, 0.717) is 25.7 Å². The first-order chi connectivity index (χ1) is 13.6. The molecule has 0 aromatic heterocycles. The van der Waals surface area contributed by atoms with E-state index in [0.717, 1.165) is 25.9 Å². The summed E-state index contributed by atoms with van der Waals surface area (Å²) in [5.41, 5.74) is -1.00. The van der Waals surface area contributed by atoms with Crippen molar-refractivity contribution in [3.8, 4) is 0 Å². The second kappa shape index (κ2) is 7.55. The molecule has 2 saturated carbocycles. The predicted octanol–water partition coefficient (Wildman–Crippen LogP) is 3.04. The Labute approximate surface area is 179 Å². The van der Waals surface area contributed by atoms with E-state index in [1.807, 2.05) is 41.5 Å². The average molecular weight is 427 g/mol. The topological polar surface area (TPSA) is 99.5 Å². The molecule has 172 valence electrons. The number of nitrogens with zero attached hydrogens (tertiary/aromatic N) is 2. The third-order valence-electron chi connectivity index (χ3n) is 6.44. The number of carbonyl (C=O) groups excluding carboxylic acids is 2. The molecular formula is C22H38N2O6. The minimum Gasteiger partial charge on any atom is -0.444 e. The SMILES string of the molecule is CC(C)(C)OC(=O)N1CCC12CC(O)C2.CC(C)(C)OC(=O)N1CCC12CC(O)C2. The van der Waals surface area contributed by atoms with Gasteiger partial charge < -0.3 is 29.5 Å². The number of hydrogen-bond acceptors (Lipinski definition) is 6.